The summed E-state index contributed by atoms with van der Waals surface area (Å²) in [6, 6.07) is 0. The van der Waals surface area contributed by atoms with Crippen molar-refractivity contribution in [3.05, 3.63) is 28.5 Å². The molecule has 0 atom stereocenters. The van der Waals surface area contributed by atoms with Crippen LogP contribution in [0.1, 0.15) is 35.2 Å². The van der Waals surface area contributed by atoms with Gasteiger partial charge in [0.05, 0.1) is 22.5 Å². The number of anilines is 1. The van der Waals surface area contributed by atoms with E-state index in [0.717, 1.165) is 0 Å². The van der Waals surface area contributed by atoms with Crippen molar-refractivity contribution in [1.82, 2.24) is 14.8 Å². The molecule has 1 aliphatic heterocycles. The number of primary amides is 1. The van der Waals surface area contributed by atoms with Crippen molar-refractivity contribution in [3.8, 4) is 11.3 Å². The summed E-state index contributed by atoms with van der Waals surface area (Å²) in [5, 5.41) is 4.41. The Morgan fingerprint density at radius 3 is 2.69 bits per heavy atom. The topological polar surface area (TPSA) is 77.0 Å². The van der Waals surface area contributed by atoms with Crippen molar-refractivity contribution in [2.75, 3.05) is 18.0 Å². The zero-order valence-electron chi connectivity index (χ0n) is 14.6. The summed E-state index contributed by atoms with van der Waals surface area (Å²) < 4.78 is 29.1. The van der Waals surface area contributed by atoms with Gasteiger partial charge in [-0.05, 0) is 18.9 Å². The minimum atomic E-state index is -2.71. The van der Waals surface area contributed by atoms with Gasteiger partial charge in [0.15, 0.2) is 0 Å². The second-order valence-electron chi connectivity index (χ2n) is 6.56. The second-order valence-corrected chi connectivity index (χ2v) is 6.94. The Kier molecular flexibility index (Phi) is 4.88. The lowest BCUT2D eigenvalue weighted by Gasteiger charge is -2.25. The molecule has 2 aromatic rings. The van der Waals surface area contributed by atoms with Crippen LogP contribution in [-0.4, -0.2) is 39.7 Å². The summed E-state index contributed by atoms with van der Waals surface area (Å²) in [7, 11) is 1.76. The molecule has 2 aromatic heterocycles. The minimum Gasteiger partial charge on any atom is -0.365 e. The molecule has 3 heterocycles. The monoisotopic (exact) mass is 383 g/mol. The minimum absolute atomic E-state index is 0.0911. The van der Waals surface area contributed by atoms with E-state index < -0.39 is 11.8 Å². The first kappa shape index (κ1) is 18.6. The molecule has 0 aromatic carbocycles. The zero-order valence-corrected chi connectivity index (χ0v) is 15.4. The lowest BCUT2D eigenvalue weighted by atomic mass is 10.1. The molecule has 0 aliphatic carbocycles. The highest BCUT2D eigenvalue weighted by Crippen LogP contribution is 2.37. The van der Waals surface area contributed by atoms with Crippen molar-refractivity contribution < 1.29 is 13.6 Å². The van der Waals surface area contributed by atoms with E-state index in [9.17, 15) is 13.6 Å². The molecule has 3 rings (SSSR count). The Labute approximate surface area is 154 Å². The lowest BCUT2D eigenvalue weighted by molar-refractivity contribution is -0.0102. The summed E-state index contributed by atoms with van der Waals surface area (Å²) >= 11 is 6.43. The van der Waals surface area contributed by atoms with Gasteiger partial charge in [0, 0.05) is 44.7 Å². The summed E-state index contributed by atoms with van der Waals surface area (Å²) in [5.41, 5.74) is 7.34. The molecule has 140 valence electrons. The van der Waals surface area contributed by atoms with E-state index in [0.29, 0.717) is 40.6 Å². The first-order valence-electron chi connectivity index (χ1n) is 8.31. The maximum absolute atomic E-state index is 13.7. The number of hydrogen-bond donors (Lipinski definition) is 1. The fraction of sp³-hybridized carbons (Fsp3) is 0.471. The van der Waals surface area contributed by atoms with Crippen molar-refractivity contribution in [3.63, 3.8) is 0 Å². The van der Waals surface area contributed by atoms with E-state index in [1.165, 1.54) is 0 Å². The van der Waals surface area contributed by atoms with Gasteiger partial charge in [0.2, 0.25) is 5.92 Å². The summed E-state index contributed by atoms with van der Waals surface area (Å²) in [4.78, 5) is 18.3. The van der Waals surface area contributed by atoms with Crippen molar-refractivity contribution in [1.29, 1.82) is 0 Å². The number of aryl methyl sites for hydroxylation is 1. The van der Waals surface area contributed by atoms with Gasteiger partial charge < -0.3 is 10.6 Å². The average Bonchev–Trinajstić information content (AvgIpc) is 2.90. The number of halogens is 3. The number of nitrogens with zero attached hydrogens (tertiary/aromatic N) is 4. The van der Waals surface area contributed by atoms with Crippen LogP contribution < -0.4 is 10.6 Å². The standard InChI is InChI=1S/C17H20ClF2N5O/c1-10-12(15(21)26)16(25-6-3-4-17(19,20)5-7-25)23-14(13(10)18)11-8-22-24(2)9-11/h8-9H,3-7H2,1-2H3,(H2,21,26). The van der Waals surface area contributed by atoms with E-state index >= 15 is 0 Å². The normalized spacial score (nSPS) is 17.2. The summed E-state index contributed by atoms with van der Waals surface area (Å²) in [6.45, 7) is 2.14. The van der Waals surface area contributed by atoms with Crippen LogP contribution in [-0.2, 0) is 7.05 Å². The predicted molar refractivity (Wildman–Crippen MR) is 95.7 cm³/mol. The highest BCUT2D eigenvalue weighted by Gasteiger charge is 2.33. The highest BCUT2D eigenvalue weighted by atomic mass is 35.5. The molecule has 1 aliphatic rings. The van der Waals surface area contributed by atoms with Gasteiger partial charge in [-0.15, -0.1) is 0 Å². The third-order valence-electron chi connectivity index (χ3n) is 4.60. The Balaban J connectivity index is 2.13. The molecule has 6 nitrogen and oxygen atoms in total. The van der Waals surface area contributed by atoms with Gasteiger partial charge in [0.25, 0.3) is 5.91 Å². The number of amides is 1. The van der Waals surface area contributed by atoms with Crippen LogP contribution in [0.2, 0.25) is 5.02 Å². The molecule has 2 N–H and O–H groups in total. The molecule has 26 heavy (non-hydrogen) atoms. The average molecular weight is 384 g/mol. The van der Waals surface area contributed by atoms with E-state index in [2.05, 4.69) is 10.1 Å². The zero-order chi connectivity index (χ0) is 19.1. The van der Waals surface area contributed by atoms with Crippen LogP contribution in [0.15, 0.2) is 12.4 Å². The molecule has 1 saturated heterocycles. The molecule has 1 fully saturated rings. The number of carbonyl (C=O) groups is 1. The van der Waals surface area contributed by atoms with Crippen LogP contribution in [0.25, 0.3) is 11.3 Å². The van der Waals surface area contributed by atoms with Gasteiger partial charge in [-0.3, -0.25) is 9.48 Å². The second kappa shape index (κ2) is 6.83. The largest absolute Gasteiger partial charge is 0.365 e. The first-order chi connectivity index (χ1) is 12.2. The number of rotatable bonds is 3. The number of carbonyl (C=O) groups excluding carboxylic acids is 1. The van der Waals surface area contributed by atoms with Crippen LogP contribution in [0, 0.1) is 6.92 Å². The molecule has 1 amide bonds. The molecule has 0 spiro atoms. The lowest BCUT2D eigenvalue weighted by Crippen LogP contribution is -2.30. The van der Waals surface area contributed by atoms with Crippen LogP contribution in [0.3, 0.4) is 0 Å². The predicted octanol–water partition coefficient (Wildman–Crippen LogP) is 3.17. The maximum atomic E-state index is 13.7. The number of nitrogens with two attached hydrogens (primary N) is 1. The molecule has 0 bridgehead atoms. The maximum Gasteiger partial charge on any atom is 0.252 e. The van der Waals surface area contributed by atoms with E-state index in [1.807, 2.05) is 0 Å². The Morgan fingerprint density at radius 2 is 2.08 bits per heavy atom. The van der Waals surface area contributed by atoms with E-state index in [4.69, 9.17) is 17.3 Å². The van der Waals surface area contributed by atoms with Crippen molar-refractivity contribution >= 4 is 23.3 Å². The highest BCUT2D eigenvalue weighted by molar-refractivity contribution is 6.34. The molecule has 0 radical (unpaired) electrons. The number of alkyl halides is 2. The van der Waals surface area contributed by atoms with Gasteiger partial charge in [-0.2, -0.15) is 5.10 Å². The first-order valence-corrected chi connectivity index (χ1v) is 8.69. The van der Waals surface area contributed by atoms with E-state index in [-0.39, 0.29) is 24.9 Å². The molecule has 0 saturated carbocycles. The third-order valence-corrected chi connectivity index (χ3v) is 5.06. The molecular weight excluding hydrogens is 364 g/mol. The van der Waals surface area contributed by atoms with Gasteiger partial charge in [-0.1, -0.05) is 11.6 Å². The SMILES string of the molecule is Cc1c(Cl)c(-c2cnn(C)c2)nc(N2CCCC(F)(F)CC2)c1C(N)=O. The number of pyridine rings is 1. The Morgan fingerprint density at radius 1 is 1.35 bits per heavy atom. The smallest absolute Gasteiger partial charge is 0.252 e. The molecule has 9 heteroatoms. The van der Waals surface area contributed by atoms with Gasteiger partial charge >= 0.3 is 0 Å². The van der Waals surface area contributed by atoms with E-state index in [1.54, 1.807) is 35.9 Å². The fourth-order valence-electron chi connectivity index (χ4n) is 3.20. The van der Waals surface area contributed by atoms with Crippen LogP contribution in [0.5, 0.6) is 0 Å². The summed E-state index contributed by atoms with van der Waals surface area (Å²) in [6.07, 6.45) is 3.18. The molecule has 0 unspecified atom stereocenters. The van der Waals surface area contributed by atoms with Crippen molar-refractivity contribution in [2.24, 2.45) is 12.8 Å². The summed E-state index contributed by atoms with van der Waals surface area (Å²) in [5.74, 6) is -3.09. The van der Waals surface area contributed by atoms with Gasteiger partial charge in [0.1, 0.15) is 5.82 Å². The fourth-order valence-corrected chi connectivity index (χ4v) is 3.45. The quantitative estimate of drug-likeness (QED) is 0.883. The Bertz CT molecular complexity index is 852. The Hall–Kier alpha value is -2.22. The van der Waals surface area contributed by atoms with Gasteiger partial charge in [-0.25, -0.2) is 13.8 Å². The van der Waals surface area contributed by atoms with Crippen molar-refractivity contribution in [2.45, 2.75) is 32.1 Å². The van der Waals surface area contributed by atoms with Crippen LogP contribution in [0.4, 0.5) is 14.6 Å². The van der Waals surface area contributed by atoms with Crippen LogP contribution >= 0.6 is 11.6 Å². The number of hydrogen-bond acceptors (Lipinski definition) is 4. The molecular formula is C17H20ClF2N5O. The third kappa shape index (κ3) is 3.51. The number of aromatic nitrogens is 3.